The van der Waals surface area contributed by atoms with Gasteiger partial charge in [0.05, 0.1) is 5.69 Å². The van der Waals surface area contributed by atoms with E-state index in [0.717, 1.165) is 27.6 Å². The Bertz CT molecular complexity index is 399. The number of aryl methyl sites for hydroxylation is 1. The highest BCUT2D eigenvalue weighted by Gasteiger charge is 2.31. The van der Waals surface area contributed by atoms with Crippen molar-refractivity contribution in [1.29, 1.82) is 0 Å². The van der Waals surface area contributed by atoms with Gasteiger partial charge in [-0.1, -0.05) is 28.1 Å². The molecule has 0 N–H and O–H groups in total. The number of nitrogens with zero attached hydrogens (tertiary/aromatic N) is 1. The van der Waals surface area contributed by atoms with Crippen molar-refractivity contribution in [2.24, 2.45) is 5.92 Å². The molecule has 16 heavy (non-hydrogen) atoms. The van der Waals surface area contributed by atoms with Gasteiger partial charge in [0.1, 0.15) is 0 Å². The number of hydrogen-bond acceptors (Lipinski definition) is 1. The Morgan fingerprint density at radius 1 is 1.50 bits per heavy atom. The van der Waals surface area contributed by atoms with Gasteiger partial charge in [-0.2, -0.15) is 0 Å². The van der Waals surface area contributed by atoms with Gasteiger partial charge in [0.2, 0.25) is 5.91 Å². The summed E-state index contributed by atoms with van der Waals surface area (Å²) in [6.45, 7) is 2.85. The summed E-state index contributed by atoms with van der Waals surface area (Å²) >= 11 is 6.97. The molecular formula is C12H13Br2NO. The maximum atomic E-state index is 11.9. The number of hydrogen-bond donors (Lipinski definition) is 0. The number of carbonyl (C=O) groups excluding carboxylic acids is 1. The van der Waals surface area contributed by atoms with Gasteiger partial charge < -0.3 is 4.90 Å². The third kappa shape index (κ3) is 2.18. The van der Waals surface area contributed by atoms with Crippen LogP contribution in [0.5, 0.6) is 0 Å². The number of para-hydroxylation sites is 1. The van der Waals surface area contributed by atoms with Gasteiger partial charge in [-0.25, -0.2) is 0 Å². The van der Waals surface area contributed by atoms with Gasteiger partial charge in [-0.3, -0.25) is 4.79 Å². The Labute approximate surface area is 112 Å². The Morgan fingerprint density at radius 2 is 2.25 bits per heavy atom. The van der Waals surface area contributed by atoms with E-state index in [0.29, 0.717) is 12.3 Å². The zero-order valence-electron chi connectivity index (χ0n) is 9.04. The molecule has 2 nitrogen and oxygen atoms in total. The van der Waals surface area contributed by atoms with Gasteiger partial charge >= 0.3 is 0 Å². The first kappa shape index (κ1) is 12.1. The van der Waals surface area contributed by atoms with E-state index in [4.69, 9.17) is 0 Å². The Balaban J connectivity index is 2.35. The fourth-order valence-corrected chi connectivity index (χ4v) is 3.18. The zero-order valence-corrected chi connectivity index (χ0v) is 12.2. The summed E-state index contributed by atoms with van der Waals surface area (Å²) in [5, 5.41) is 0.888. The van der Waals surface area contributed by atoms with E-state index in [2.05, 4.69) is 31.9 Å². The Kier molecular flexibility index (Phi) is 3.70. The van der Waals surface area contributed by atoms with Crippen molar-refractivity contribution in [3.05, 3.63) is 28.2 Å². The van der Waals surface area contributed by atoms with Crippen molar-refractivity contribution in [2.45, 2.75) is 13.3 Å². The lowest BCUT2D eigenvalue weighted by molar-refractivity contribution is -0.117. The third-order valence-corrected chi connectivity index (χ3v) is 4.44. The summed E-state index contributed by atoms with van der Waals surface area (Å²) in [5.41, 5.74) is 2.16. The molecular weight excluding hydrogens is 334 g/mol. The Morgan fingerprint density at radius 3 is 2.81 bits per heavy atom. The molecule has 0 aromatic heterocycles. The van der Waals surface area contributed by atoms with Crippen LogP contribution < -0.4 is 4.90 Å². The molecule has 1 aromatic carbocycles. The van der Waals surface area contributed by atoms with E-state index in [-0.39, 0.29) is 5.91 Å². The molecule has 1 saturated heterocycles. The number of amides is 1. The van der Waals surface area contributed by atoms with Crippen molar-refractivity contribution >= 4 is 43.5 Å². The number of halogens is 2. The average Bonchev–Trinajstić information content (AvgIpc) is 2.60. The average molecular weight is 347 g/mol. The smallest absolute Gasteiger partial charge is 0.227 e. The van der Waals surface area contributed by atoms with Crippen LogP contribution in [0, 0.1) is 12.8 Å². The molecule has 0 spiro atoms. The van der Waals surface area contributed by atoms with E-state index in [1.54, 1.807) is 0 Å². The summed E-state index contributed by atoms with van der Waals surface area (Å²) < 4.78 is 0.996. The normalized spacial score (nSPS) is 20.6. The van der Waals surface area contributed by atoms with Crippen LogP contribution in [0.25, 0.3) is 0 Å². The van der Waals surface area contributed by atoms with Crippen LogP contribution in [0.4, 0.5) is 5.69 Å². The molecule has 1 unspecified atom stereocenters. The number of alkyl halides is 1. The summed E-state index contributed by atoms with van der Waals surface area (Å²) in [4.78, 5) is 13.8. The topological polar surface area (TPSA) is 20.3 Å². The highest BCUT2D eigenvalue weighted by atomic mass is 79.9. The molecule has 0 bridgehead atoms. The van der Waals surface area contributed by atoms with E-state index in [1.165, 1.54) is 0 Å². The molecule has 86 valence electrons. The SMILES string of the molecule is Cc1cccc(Br)c1N1CC(CBr)CC1=O. The molecule has 2 rings (SSSR count). The summed E-state index contributed by atoms with van der Waals surface area (Å²) in [7, 11) is 0. The summed E-state index contributed by atoms with van der Waals surface area (Å²) in [6, 6.07) is 6.01. The molecule has 1 aliphatic rings. The second kappa shape index (κ2) is 4.88. The second-order valence-corrected chi connectivity index (χ2v) is 5.64. The van der Waals surface area contributed by atoms with Crippen LogP contribution >= 0.6 is 31.9 Å². The van der Waals surface area contributed by atoms with E-state index < -0.39 is 0 Å². The molecule has 1 aliphatic heterocycles. The molecule has 1 aromatic rings. The lowest BCUT2D eigenvalue weighted by Gasteiger charge is -2.20. The quantitative estimate of drug-likeness (QED) is 0.750. The van der Waals surface area contributed by atoms with Crippen LogP contribution in [-0.2, 0) is 4.79 Å². The van der Waals surface area contributed by atoms with Gasteiger partial charge in [-0.15, -0.1) is 0 Å². The summed E-state index contributed by atoms with van der Waals surface area (Å²) in [6.07, 6.45) is 0.645. The van der Waals surface area contributed by atoms with Gasteiger partial charge in [0.25, 0.3) is 0 Å². The highest BCUT2D eigenvalue weighted by molar-refractivity contribution is 9.10. The molecule has 0 radical (unpaired) electrons. The minimum Gasteiger partial charge on any atom is -0.311 e. The van der Waals surface area contributed by atoms with Gasteiger partial charge in [0, 0.05) is 22.8 Å². The fraction of sp³-hybridized carbons (Fsp3) is 0.417. The minimum atomic E-state index is 0.222. The maximum absolute atomic E-state index is 11.9. The number of benzene rings is 1. The van der Waals surface area contributed by atoms with Crippen LogP contribution in [0.1, 0.15) is 12.0 Å². The largest absolute Gasteiger partial charge is 0.311 e. The van der Waals surface area contributed by atoms with Crippen molar-refractivity contribution in [3.8, 4) is 0 Å². The number of rotatable bonds is 2. The van der Waals surface area contributed by atoms with Crippen molar-refractivity contribution in [2.75, 3.05) is 16.8 Å². The molecule has 0 saturated carbocycles. The first-order valence-electron chi connectivity index (χ1n) is 5.25. The lowest BCUT2D eigenvalue weighted by Crippen LogP contribution is -2.25. The predicted octanol–water partition coefficient (Wildman–Crippen LogP) is 3.51. The zero-order chi connectivity index (χ0) is 11.7. The van der Waals surface area contributed by atoms with Crippen molar-refractivity contribution in [1.82, 2.24) is 0 Å². The van der Waals surface area contributed by atoms with Crippen molar-refractivity contribution < 1.29 is 4.79 Å². The standard InChI is InChI=1S/C12H13Br2NO/c1-8-3-2-4-10(14)12(8)15-7-9(6-13)5-11(15)16/h2-4,9H,5-7H2,1H3. The number of carbonyl (C=O) groups is 1. The molecule has 0 aliphatic carbocycles. The van der Waals surface area contributed by atoms with Crippen LogP contribution in [0.2, 0.25) is 0 Å². The van der Waals surface area contributed by atoms with E-state index >= 15 is 0 Å². The molecule has 1 amide bonds. The second-order valence-electron chi connectivity index (χ2n) is 4.13. The molecule has 1 atom stereocenters. The van der Waals surface area contributed by atoms with Crippen molar-refractivity contribution in [3.63, 3.8) is 0 Å². The summed E-state index contributed by atoms with van der Waals surface area (Å²) in [5.74, 6) is 0.651. The predicted molar refractivity (Wildman–Crippen MR) is 73.1 cm³/mol. The lowest BCUT2D eigenvalue weighted by atomic mass is 10.1. The fourth-order valence-electron chi connectivity index (χ4n) is 2.07. The first-order chi connectivity index (χ1) is 7.63. The monoisotopic (exact) mass is 345 g/mol. The van der Waals surface area contributed by atoms with Crippen LogP contribution in [0.3, 0.4) is 0 Å². The van der Waals surface area contributed by atoms with Gasteiger partial charge in [0.15, 0.2) is 0 Å². The van der Waals surface area contributed by atoms with Gasteiger partial charge in [-0.05, 0) is 40.4 Å². The molecule has 4 heteroatoms. The van der Waals surface area contributed by atoms with E-state index in [1.807, 2.05) is 30.0 Å². The first-order valence-corrected chi connectivity index (χ1v) is 7.16. The molecule has 1 fully saturated rings. The third-order valence-electron chi connectivity index (χ3n) is 2.88. The van der Waals surface area contributed by atoms with Crippen LogP contribution in [0.15, 0.2) is 22.7 Å². The van der Waals surface area contributed by atoms with E-state index in [9.17, 15) is 4.79 Å². The Hall–Kier alpha value is -0.350. The number of anilines is 1. The molecule has 1 heterocycles. The van der Waals surface area contributed by atoms with Crippen LogP contribution in [-0.4, -0.2) is 17.8 Å². The minimum absolute atomic E-state index is 0.222. The maximum Gasteiger partial charge on any atom is 0.227 e. The highest BCUT2D eigenvalue weighted by Crippen LogP contribution is 2.34.